The van der Waals surface area contributed by atoms with Gasteiger partial charge in [0.2, 0.25) is 0 Å². The number of aromatic carboxylic acids is 1. The van der Waals surface area contributed by atoms with Crippen LogP contribution in [0.2, 0.25) is 0 Å². The third kappa shape index (κ3) is 2.84. The molecular weight excluding hydrogens is 250 g/mol. The summed E-state index contributed by atoms with van der Waals surface area (Å²) in [6, 6.07) is 10.2. The molecule has 0 aromatic carbocycles. The van der Waals surface area contributed by atoms with Gasteiger partial charge in [0.15, 0.2) is 0 Å². The quantitative estimate of drug-likeness (QED) is 0.906. The molecule has 0 aliphatic heterocycles. The first-order valence-corrected chi connectivity index (χ1v) is 5.75. The lowest BCUT2D eigenvalue weighted by molar-refractivity contribution is 0.0690. The predicted octanol–water partition coefficient (Wildman–Crippen LogP) is 2.20. The number of carbonyl (C=O) groups is 1. The zero-order chi connectivity index (χ0) is 13.0. The summed E-state index contributed by atoms with van der Waals surface area (Å²) in [5, 5.41) is 18.2. The molecule has 0 spiro atoms. The maximum absolute atomic E-state index is 10.8. The van der Waals surface area contributed by atoms with E-state index in [0.717, 1.165) is 0 Å². The lowest BCUT2D eigenvalue weighted by atomic mass is 10.3. The molecule has 0 aliphatic rings. The van der Waals surface area contributed by atoms with Crippen LogP contribution in [-0.4, -0.2) is 21.0 Å². The predicted molar refractivity (Wildman–Crippen MR) is 64.3 cm³/mol. The molecule has 6 heteroatoms. The van der Waals surface area contributed by atoms with E-state index in [2.05, 4.69) is 9.97 Å². The van der Waals surface area contributed by atoms with E-state index in [1.807, 2.05) is 6.07 Å². The molecule has 0 aliphatic carbocycles. The number of carboxylic acids is 1. The second-order valence-electron chi connectivity index (χ2n) is 3.26. The van der Waals surface area contributed by atoms with Crippen LogP contribution in [-0.2, 0) is 0 Å². The fourth-order valence-electron chi connectivity index (χ4n) is 1.25. The summed E-state index contributed by atoms with van der Waals surface area (Å²) >= 11 is 1.28. The zero-order valence-corrected chi connectivity index (χ0v) is 9.89. The Bertz CT molecular complexity index is 637. The molecule has 0 bridgehead atoms. The Morgan fingerprint density at radius 1 is 1.39 bits per heavy atom. The molecule has 5 nitrogen and oxygen atoms in total. The maximum Gasteiger partial charge on any atom is 0.354 e. The third-order valence-electron chi connectivity index (χ3n) is 2.01. The van der Waals surface area contributed by atoms with Crippen LogP contribution in [0.25, 0.3) is 0 Å². The fourth-order valence-corrected chi connectivity index (χ4v) is 2.08. The van der Waals surface area contributed by atoms with E-state index in [1.165, 1.54) is 24.0 Å². The second kappa shape index (κ2) is 5.29. The molecule has 1 N–H and O–H groups in total. The van der Waals surface area contributed by atoms with Gasteiger partial charge >= 0.3 is 5.97 Å². The Hall–Kier alpha value is -2.39. The normalized spacial score (nSPS) is 9.72. The summed E-state index contributed by atoms with van der Waals surface area (Å²) in [7, 11) is 0. The average molecular weight is 257 g/mol. The summed E-state index contributed by atoms with van der Waals surface area (Å²) in [6.45, 7) is 0. The Kier molecular flexibility index (Phi) is 3.55. The molecule has 0 unspecified atom stereocenters. The molecule has 2 rings (SSSR count). The lowest BCUT2D eigenvalue weighted by Gasteiger charge is -2.01. The molecule has 0 atom stereocenters. The van der Waals surface area contributed by atoms with Crippen LogP contribution in [0, 0.1) is 11.3 Å². The van der Waals surface area contributed by atoms with E-state index in [-0.39, 0.29) is 5.69 Å². The molecule has 0 radical (unpaired) electrons. The Labute approximate surface area is 107 Å². The van der Waals surface area contributed by atoms with Gasteiger partial charge in [-0.1, -0.05) is 17.8 Å². The fraction of sp³-hybridized carbons (Fsp3) is 0. The number of aromatic nitrogens is 2. The van der Waals surface area contributed by atoms with Crippen molar-refractivity contribution in [3.8, 4) is 6.07 Å². The van der Waals surface area contributed by atoms with Crippen LogP contribution in [0.15, 0.2) is 46.5 Å². The largest absolute Gasteiger partial charge is 0.477 e. The van der Waals surface area contributed by atoms with E-state index in [9.17, 15) is 4.79 Å². The number of rotatable bonds is 3. The highest BCUT2D eigenvalue weighted by atomic mass is 32.2. The van der Waals surface area contributed by atoms with Crippen molar-refractivity contribution in [3.05, 3.63) is 47.9 Å². The topological polar surface area (TPSA) is 86.9 Å². The highest BCUT2D eigenvalue weighted by Crippen LogP contribution is 2.25. The summed E-state index contributed by atoms with van der Waals surface area (Å²) in [6.07, 6.45) is 1.43. The molecule has 18 heavy (non-hydrogen) atoms. The van der Waals surface area contributed by atoms with Crippen LogP contribution < -0.4 is 0 Å². The number of nitrogens with zero attached hydrogens (tertiary/aromatic N) is 3. The second-order valence-corrected chi connectivity index (χ2v) is 4.35. The van der Waals surface area contributed by atoms with Gasteiger partial charge < -0.3 is 5.11 Å². The van der Waals surface area contributed by atoms with Crippen molar-refractivity contribution in [2.75, 3.05) is 0 Å². The molecule has 0 saturated heterocycles. The van der Waals surface area contributed by atoms with Crippen molar-refractivity contribution in [2.24, 2.45) is 0 Å². The van der Waals surface area contributed by atoms with Crippen LogP contribution in [0.4, 0.5) is 0 Å². The molecule has 2 aromatic heterocycles. The molecule has 2 aromatic rings. The van der Waals surface area contributed by atoms with Crippen molar-refractivity contribution >= 4 is 17.7 Å². The van der Waals surface area contributed by atoms with Crippen molar-refractivity contribution < 1.29 is 9.90 Å². The van der Waals surface area contributed by atoms with Gasteiger partial charge in [-0.15, -0.1) is 0 Å². The Balaban J connectivity index is 2.26. The third-order valence-corrected chi connectivity index (χ3v) is 2.94. The minimum atomic E-state index is -1.07. The van der Waals surface area contributed by atoms with Gasteiger partial charge in [0.1, 0.15) is 22.5 Å². The average Bonchev–Trinajstić information content (AvgIpc) is 2.39. The zero-order valence-electron chi connectivity index (χ0n) is 9.07. The van der Waals surface area contributed by atoms with E-state index in [0.29, 0.717) is 15.6 Å². The number of hydrogen-bond donors (Lipinski definition) is 1. The van der Waals surface area contributed by atoms with Gasteiger partial charge in [-0.25, -0.2) is 14.8 Å². The molecule has 0 fully saturated rings. The first-order valence-electron chi connectivity index (χ1n) is 4.93. The first-order chi connectivity index (χ1) is 8.69. The summed E-state index contributed by atoms with van der Waals surface area (Å²) in [5.41, 5.74) is 0.309. The Morgan fingerprint density at radius 2 is 2.22 bits per heavy atom. The van der Waals surface area contributed by atoms with E-state index in [1.54, 1.807) is 24.3 Å². The maximum atomic E-state index is 10.8. The van der Waals surface area contributed by atoms with Gasteiger partial charge in [0.25, 0.3) is 0 Å². The van der Waals surface area contributed by atoms with Crippen molar-refractivity contribution in [3.63, 3.8) is 0 Å². The minimum Gasteiger partial charge on any atom is -0.477 e. The number of hydrogen-bond acceptors (Lipinski definition) is 5. The van der Waals surface area contributed by atoms with Gasteiger partial charge in [0, 0.05) is 11.1 Å². The van der Waals surface area contributed by atoms with Crippen LogP contribution in [0.1, 0.15) is 16.2 Å². The summed E-state index contributed by atoms with van der Waals surface area (Å²) in [4.78, 5) is 19.3. The van der Waals surface area contributed by atoms with Crippen molar-refractivity contribution in [2.45, 2.75) is 9.92 Å². The SMILES string of the molecule is N#Cc1cccc(Sc2ccnc(C(=O)O)c2)n1. The number of pyridine rings is 2. The standard InChI is InChI=1S/C12H7N3O2S/c13-7-8-2-1-3-11(15-8)18-9-4-5-14-10(6-9)12(16)17/h1-6H,(H,16,17). The molecule has 88 valence electrons. The minimum absolute atomic E-state index is 0.0172. The highest BCUT2D eigenvalue weighted by molar-refractivity contribution is 7.99. The molecular formula is C12H7N3O2S. The summed E-state index contributed by atoms with van der Waals surface area (Å²) in [5.74, 6) is -1.07. The van der Waals surface area contributed by atoms with Crippen molar-refractivity contribution in [1.29, 1.82) is 5.26 Å². The molecule has 2 heterocycles. The Morgan fingerprint density at radius 3 is 2.94 bits per heavy atom. The van der Waals surface area contributed by atoms with Gasteiger partial charge in [0.05, 0.1) is 0 Å². The first kappa shape index (κ1) is 12.1. The van der Waals surface area contributed by atoms with Crippen LogP contribution in [0.3, 0.4) is 0 Å². The van der Waals surface area contributed by atoms with E-state index in [4.69, 9.17) is 10.4 Å². The number of carboxylic acid groups (broad SMARTS) is 1. The summed E-state index contributed by atoms with van der Waals surface area (Å²) < 4.78 is 0. The van der Waals surface area contributed by atoms with Gasteiger partial charge in [-0.3, -0.25) is 0 Å². The van der Waals surface area contributed by atoms with E-state index >= 15 is 0 Å². The van der Waals surface area contributed by atoms with Gasteiger partial charge in [-0.2, -0.15) is 5.26 Å². The molecule has 0 amide bonds. The lowest BCUT2D eigenvalue weighted by Crippen LogP contribution is -1.99. The van der Waals surface area contributed by atoms with Gasteiger partial charge in [-0.05, 0) is 24.3 Å². The smallest absolute Gasteiger partial charge is 0.354 e. The highest BCUT2D eigenvalue weighted by Gasteiger charge is 2.06. The number of nitriles is 1. The van der Waals surface area contributed by atoms with Crippen molar-refractivity contribution in [1.82, 2.24) is 9.97 Å². The van der Waals surface area contributed by atoms with Crippen LogP contribution >= 0.6 is 11.8 Å². The van der Waals surface area contributed by atoms with Crippen LogP contribution in [0.5, 0.6) is 0 Å². The van der Waals surface area contributed by atoms with E-state index < -0.39 is 5.97 Å². The molecule has 0 saturated carbocycles. The monoisotopic (exact) mass is 257 g/mol.